The minimum Gasteiger partial charge on any atom is -0.220 e. The number of nitrogens with zero attached hydrogens (tertiary/aromatic N) is 11. The van der Waals surface area contributed by atoms with Crippen LogP contribution in [-0.2, 0) is 13.1 Å². The molecule has 0 aliphatic heterocycles. The van der Waals surface area contributed by atoms with E-state index in [9.17, 15) is 0 Å². The van der Waals surface area contributed by atoms with E-state index in [-0.39, 0.29) is 6.54 Å². The molecule has 0 radical (unpaired) electrons. The highest BCUT2D eigenvalue weighted by Crippen LogP contribution is 2.12. The van der Waals surface area contributed by atoms with E-state index < -0.39 is 0 Å². The largest absolute Gasteiger partial charge is 0.220 e. The summed E-state index contributed by atoms with van der Waals surface area (Å²) in [6.45, 7) is 0.587. The van der Waals surface area contributed by atoms with Crippen LogP contribution in [-0.4, -0.2) is 61.0 Å². The van der Waals surface area contributed by atoms with Gasteiger partial charge in [-0.2, -0.15) is 10.0 Å². The third kappa shape index (κ3) is 2.76. The van der Waals surface area contributed by atoms with Gasteiger partial charge in [-0.15, -0.1) is 25.5 Å². The molecule has 3 aromatic heterocycles. The first-order valence-electron chi connectivity index (χ1n) is 6.69. The Labute approximate surface area is 128 Å². The number of H-pyrrole nitrogens is 1. The molecule has 0 aliphatic carbocycles. The Balaban J connectivity index is 1.53. The maximum atomic E-state index is 4.33. The highest BCUT2D eigenvalue weighted by atomic mass is 15.6. The minimum atomic E-state index is 0.282. The molecular weight excluding hydrogens is 300 g/mol. The van der Waals surface area contributed by atoms with E-state index in [1.165, 1.54) is 4.80 Å². The van der Waals surface area contributed by atoms with Gasteiger partial charge >= 0.3 is 0 Å². The van der Waals surface area contributed by atoms with Gasteiger partial charge in [0.2, 0.25) is 5.82 Å². The van der Waals surface area contributed by atoms with Gasteiger partial charge < -0.3 is 0 Å². The molecule has 0 spiro atoms. The quantitative estimate of drug-likeness (QED) is 0.487. The molecule has 23 heavy (non-hydrogen) atoms. The van der Waals surface area contributed by atoms with Crippen molar-refractivity contribution in [1.29, 1.82) is 0 Å². The van der Waals surface area contributed by atoms with Gasteiger partial charge in [-0.05, 0) is 15.6 Å². The molecule has 3 heterocycles. The molecule has 1 N–H and O–H groups in total. The Morgan fingerprint density at radius 2 is 1.87 bits per heavy atom. The lowest BCUT2D eigenvalue weighted by molar-refractivity contribution is 0.516. The van der Waals surface area contributed by atoms with Gasteiger partial charge in [0, 0.05) is 5.56 Å². The molecular formula is C11H10N12. The van der Waals surface area contributed by atoms with Gasteiger partial charge in [0.15, 0.2) is 11.6 Å². The van der Waals surface area contributed by atoms with E-state index in [1.807, 2.05) is 30.3 Å². The summed E-state index contributed by atoms with van der Waals surface area (Å²) in [6, 6.07) is 9.60. The van der Waals surface area contributed by atoms with Crippen LogP contribution in [0.4, 0.5) is 0 Å². The van der Waals surface area contributed by atoms with Crippen LogP contribution >= 0.6 is 0 Å². The highest BCUT2D eigenvalue weighted by Gasteiger charge is 2.12. The zero-order valence-electron chi connectivity index (χ0n) is 11.7. The lowest BCUT2D eigenvalue weighted by atomic mass is 10.2. The Bertz CT molecular complexity index is 877. The summed E-state index contributed by atoms with van der Waals surface area (Å²) < 4.78 is 1.55. The van der Waals surface area contributed by atoms with Crippen LogP contribution < -0.4 is 0 Å². The average Bonchev–Trinajstić information content (AvgIpc) is 3.33. The fourth-order valence-electron chi connectivity index (χ4n) is 1.98. The number of nitrogens with one attached hydrogen (secondary N) is 1. The molecule has 4 aromatic rings. The minimum absolute atomic E-state index is 0.282. The van der Waals surface area contributed by atoms with Crippen LogP contribution in [0.5, 0.6) is 0 Å². The second-order valence-corrected chi connectivity index (χ2v) is 4.59. The van der Waals surface area contributed by atoms with Crippen LogP contribution in [0, 0.1) is 0 Å². The van der Waals surface area contributed by atoms with E-state index in [2.05, 4.69) is 51.6 Å². The first-order valence-corrected chi connectivity index (χ1v) is 6.69. The van der Waals surface area contributed by atoms with E-state index >= 15 is 0 Å². The molecule has 0 saturated heterocycles. The zero-order chi connectivity index (χ0) is 15.5. The summed E-state index contributed by atoms with van der Waals surface area (Å²) in [5, 5.41) is 37.5. The number of tetrazole rings is 3. The van der Waals surface area contributed by atoms with Crippen LogP contribution in [0.3, 0.4) is 0 Å². The molecule has 0 atom stereocenters. The average molecular weight is 310 g/mol. The first-order chi connectivity index (χ1) is 11.4. The molecule has 12 heteroatoms. The van der Waals surface area contributed by atoms with E-state index in [1.54, 1.807) is 4.68 Å². The maximum Gasteiger partial charge on any atom is 0.204 e. The first kappa shape index (κ1) is 13.1. The molecule has 0 saturated carbocycles. The van der Waals surface area contributed by atoms with Crippen LogP contribution in [0.15, 0.2) is 30.3 Å². The van der Waals surface area contributed by atoms with Gasteiger partial charge in [0.25, 0.3) is 0 Å². The number of benzene rings is 1. The number of rotatable bonds is 5. The Hall–Kier alpha value is -3.57. The summed E-state index contributed by atoms with van der Waals surface area (Å²) in [5.41, 5.74) is 0.894. The third-order valence-electron chi connectivity index (χ3n) is 3.05. The summed E-state index contributed by atoms with van der Waals surface area (Å²) in [5.74, 6) is 1.59. The SMILES string of the molecule is c1ccc(-c2nnn(Cc3nnnn3Cc3nn[nH]n3)n2)cc1. The fourth-order valence-corrected chi connectivity index (χ4v) is 1.98. The zero-order valence-corrected chi connectivity index (χ0v) is 11.7. The van der Waals surface area contributed by atoms with Crippen molar-refractivity contribution in [2.24, 2.45) is 0 Å². The Morgan fingerprint density at radius 3 is 2.70 bits per heavy atom. The van der Waals surface area contributed by atoms with Gasteiger partial charge in [0.1, 0.15) is 13.1 Å². The van der Waals surface area contributed by atoms with Gasteiger partial charge in [0.05, 0.1) is 0 Å². The molecule has 0 bridgehead atoms. The molecule has 1 aromatic carbocycles. The van der Waals surface area contributed by atoms with Crippen LogP contribution in [0.25, 0.3) is 11.4 Å². The van der Waals surface area contributed by atoms with Crippen molar-refractivity contribution in [1.82, 2.24) is 61.0 Å². The van der Waals surface area contributed by atoms with E-state index in [0.29, 0.717) is 24.0 Å². The van der Waals surface area contributed by atoms with Crippen molar-refractivity contribution in [3.63, 3.8) is 0 Å². The topological polar surface area (TPSA) is 142 Å². The lowest BCUT2D eigenvalue weighted by Gasteiger charge is -2.00. The second-order valence-electron chi connectivity index (χ2n) is 4.59. The van der Waals surface area contributed by atoms with E-state index in [4.69, 9.17) is 0 Å². The van der Waals surface area contributed by atoms with Crippen molar-refractivity contribution in [2.75, 3.05) is 0 Å². The number of hydrogen-bond donors (Lipinski definition) is 1. The van der Waals surface area contributed by atoms with E-state index in [0.717, 1.165) is 5.56 Å². The summed E-state index contributed by atoms with van der Waals surface area (Å²) >= 11 is 0. The molecule has 0 amide bonds. The third-order valence-corrected chi connectivity index (χ3v) is 3.05. The summed E-state index contributed by atoms with van der Waals surface area (Å²) in [4.78, 5) is 1.43. The van der Waals surface area contributed by atoms with Crippen LogP contribution in [0.2, 0.25) is 0 Å². The Morgan fingerprint density at radius 1 is 0.957 bits per heavy atom. The summed E-state index contributed by atoms with van der Waals surface area (Å²) in [6.07, 6.45) is 0. The normalized spacial score (nSPS) is 11.0. The standard InChI is InChI=1S/C11H10N12/c1-2-4-8(5-3-1)11-15-20-23(16-11)7-10-14-19-21-22(10)6-9-12-17-18-13-9/h1-5H,6-7H2,(H,12,13,17,18). The fraction of sp³-hybridized carbons (Fsp3) is 0.182. The monoisotopic (exact) mass is 310 g/mol. The predicted octanol–water partition coefficient (Wildman–Crippen LogP) is -1.06. The van der Waals surface area contributed by atoms with Crippen molar-refractivity contribution in [3.8, 4) is 11.4 Å². The number of aromatic amines is 1. The number of hydrogen-bond acceptors (Lipinski definition) is 9. The highest BCUT2D eigenvalue weighted by molar-refractivity contribution is 5.52. The molecule has 12 nitrogen and oxygen atoms in total. The smallest absolute Gasteiger partial charge is 0.204 e. The van der Waals surface area contributed by atoms with Crippen molar-refractivity contribution in [3.05, 3.63) is 42.0 Å². The lowest BCUT2D eigenvalue weighted by Crippen LogP contribution is -2.13. The van der Waals surface area contributed by atoms with Crippen molar-refractivity contribution < 1.29 is 0 Å². The van der Waals surface area contributed by atoms with Crippen LogP contribution in [0.1, 0.15) is 11.6 Å². The molecule has 0 unspecified atom stereocenters. The number of aromatic nitrogens is 12. The molecule has 114 valence electrons. The maximum absolute atomic E-state index is 4.33. The van der Waals surface area contributed by atoms with Gasteiger partial charge in [-0.3, -0.25) is 0 Å². The molecule has 0 fully saturated rings. The van der Waals surface area contributed by atoms with Gasteiger partial charge in [-0.25, -0.2) is 4.68 Å². The Kier molecular flexibility index (Phi) is 3.23. The molecule has 0 aliphatic rings. The molecule has 4 rings (SSSR count). The second kappa shape index (κ2) is 5.67. The van der Waals surface area contributed by atoms with Crippen molar-refractivity contribution >= 4 is 0 Å². The van der Waals surface area contributed by atoms with Crippen molar-refractivity contribution in [2.45, 2.75) is 13.1 Å². The summed E-state index contributed by atoms with van der Waals surface area (Å²) in [7, 11) is 0. The predicted molar refractivity (Wildman–Crippen MR) is 73.5 cm³/mol. The van der Waals surface area contributed by atoms with Gasteiger partial charge in [-0.1, -0.05) is 35.5 Å².